The number of hydrogen-bond acceptors (Lipinski definition) is 0. The van der Waals surface area contributed by atoms with Crippen LogP contribution in [0.15, 0.2) is 0 Å². The number of hydrogen-bond donors (Lipinski definition) is 0. The molecule has 8 heteroatoms. The zero-order valence-electron chi connectivity index (χ0n) is 4.65. The van der Waals surface area contributed by atoms with Crippen LogP contribution in [-0.4, -0.2) is 8.37 Å². The van der Waals surface area contributed by atoms with Gasteiger partial charge in [-0.1, -0.05) is 0 Å². The van der Waals surface area contributed by atoms with Crippen molar-refractivity contribution in [3.8, 4) is 0 Å². The van der Waals surface area contributed by atoms with E-state index in [4.69, 9.17) is 0 Å². The third-order valence-corrected chi connectivity index (χ3v) is 1.44. The van der Waals surface area contributed by atoms with E-state index in [-0.39, 0.29) is 18.9 Å². The molecule has 0 aromatic rings. The van der Waals surface area contributed by atoms with E-state index in [0.717, 1.165) is 0 Å². The fraction of sp³-hybridized carbons (Fsp3) is 1.00. The molecule has 0 bridgehead atoms. The summed E-state index contributed by atoms with van der Waals surface area (Å²) < 4.78 is 55.2. The Morgan fingerprint density at radius 1 is 0.700 bits per heavy atom. The zero-order chi connectivity index (χ0) is 7.71. The molecule has 0 aromatic carbocycles. The summed E-state index contributed by atoms with van der Waals surface area (Å²) in [5.74, 6) is 0. The van der Waals surface area contributed by atoms with E-state index >= 15 is 0 Å². The summed E-state index contributed by atoms with van der Waals surface area (Å²) >= 11 is -3.66. The summed E-state index contributed by atoms with van der Waals surface area (Å²) in [6, 6.07) is 0. The van der Waals surface area contributed by atoms with Gasteiger partial charge in [0.2, 0.25) is 0 Å². The van der Waals surface area contributed by atoms with Gasteiger partial charge in [-0.25, -0.2) is 0 Å². The average molecular weight is 272 g/mol. The molecule has 0 aromatic heterocycles. The number of halogens is 7. The predicted octanol–water partition coefficient (Wildman–Crippen LogP) is -3.88. The van der Waals surface area contributed by atoms with Crippen molar-refractivity contribution >= 4 is 0 Å². The number of rotatable bonds is 0. The molecule has 0 unspecified atom stereocenters. The van der Waals surface area contributed by atoms with Crippen molar-refractivity contribution in [2.45, 2.75) is 8.37 Å². The van der Waals surface area contributed by atoms with Crippen molar-refractivity contribution in [1.29, 1.82) is 0 Å². The molecule has 0 saturated carbocycles. The molecule has 0 atom stereocenters. The van der Waals surface area contributed by atoms with E-state index in [0.29, 0.717) is 0 Å². The number of alkyl halides is 8. The van der Waals surface area contributed by atoms with Crippen LogP contribution in [0.1, 0.15) is 0 Å². The van der Waals surface area contributed by atoms with Gasteiger partial charge in [0.25, 0.3) is 0 Å². The van der Waals surface area contributed by atoms with E-state index < -0.39 is 29.6 Å². The Labute approximate surface area is 74.8 Å². The third-order valence-electron chi connectivity index (χ3n) is 0.214. The SMILES string of the molecule is FC(F)(F)[I-]C(F)(F)F.[Li+]. The van der Waals surface area contributed by atoms with Crippen molar-refractivity contribution in [1.82, 2.24) is 0 Å². The van der Waals surface area contributed by atoms with Crippen LogP contribution in [0.3, 0.4) is 0 Å². The van der Waals surface area contributed by atoms with Crippen LogP contribution in [0.5, 0.6) is 0 Å². The minimum Gasteiger partial charge on any atom is 1.00 e. The third kappa shape index (κ3) is 11.7. The Bertz CT molecular complexity index is 80.9. The van der Waals surface area contributed by atoms with Crippen molar-refractivity contribution < 1.29 is 66.4 Å². The van der Waals surface area contributed by atoms with Gasteiger partial charge >= 0.3 is 74.8 Å². The summed E-state index contributed by atoms with van der Waals surface area (Å²) in [6.07, 6.45) is 0. The molecule has 0 heterocycles. The van der Waals surface area contributed by atoms with Crippen LogP contribution in [0.2, 0.25) is 0 Å². The smallest absolute Gasteiger partial charge is 1.00 e. The molecular weight excluding hydrogens is 272 g/mol. The van der Waals surface area contributed by atoms with Crippen molar-refractivity contribution in [2.75, 3.05) is 0 Å². The molecule has 0 spiro atoms. The van der Waals surface area contributed by atoms with Gasteiger partial charge in [-0.2, -0.15) is 0 Å². The molecule has 58 valence electrons. The van der Waals surface area contributed by atoms with E-state index in [1.54, 1.807) is 0 Å². The molecular formula is C2F6ILi. The van der Waals surface area contributed by atoms with Crippen molar-refractivity contribution in [3.05, 3.63) is 0 Å². The Morgan fingerprint density at radius 3 is 0.900 bits per heavy atom. The second kappa shape index (κ2) is 4.06. The fourth-order valence-corrected chi connectivity index (χ4v) is 0.815. The van der Waals surface area contributed by atoms with Crippen LogP contribution in [0, 0.1) is 0 Å². The molecule has 10 heavy (non-hydrogen) atoms. The second-order valence-electron chi connectivity index (χ2n) is 0.952. The fourth-order valence-electron chi connectivity index (χ4n) is 0.121. The summed E-state index contributed by atoms with van der Waals surface area (Å²) in [5, 5.41) is 0. The predicted molar refractivity (Wildman–Crippen MR) is 12.1 cm³/mol. The Hall–Kier alpha value is 0.907. The maximum atomic E-state index is 10.9. The summed E-state index contributed by atoms with van der Waals surface area (Å²) in [5.41, 5.74) is 0. The zero-order valence-corrected chi connectivity index (χ0v) is 6.80. The van der Waals surface area contributed by atoms with Gasteiger partial charge in [0.05, 0.1) is 0 Å². The maximum Gasteiger partial charge on any atom is 1.00 e. The largest absolute Gasteiger partial charge is 1.00 e. The molecule has 0 aliphatic heterocycles. The molecule has 0 nitrogen and oxygen atoms in total. The Balaban J connectivity index is 0. The molecule has 0 saturated heterocycles. The van der Waals surface area contributed by atoms with Crippen LogP contribution >= 0.6 is 0 Å². The van der Waals surface area contributed by atoms with Gasteiger partial charge in [-0.3, -0.25) is 0 Å². The summed E-state index contributed by atoms with van der Waals surface area (Å²) in [4.78, 5) is 0. The van der Waals surface area contributed by atoms with Gasteiger partial charge in [0, 0.05) is 0 Å². The molecule has 0 amide bonds. The first-order valence-electron chi connectivity index (χ1n) is 1.51. The van der Waals surface area contributed by atoms with Crippen LogP contribution in [-0.2, 0) is 0 Å². The Morgan fingerprint density at radius 2 is 0.900 bits per heavy atom. The first-order valence-corrected chi connectivity index (χ1v) is 3.67. The van der Waals surface area contributed by atoms with Crippen molar-refractivity contribution in [2.24, 2.45) is 0 Å². The molecule has 0 aliphatic rings. The van der Waals surface area contributed by atoms with E-state index in [9.17, 15) is 26.3 Å². The first-order chi connectivity index (χ1) is 3.71. The van der Waals surface area contributed by atoms with Crippen LogP contribution < -0.4 is 40.1 Å². The average Bonchev–Trinajstić information content (AvgIpc) is 1.14. The van der Waals surface area contributed by atoms with Crippen LogP contribution in [0.4, 0.5) is 26.3 Å². The van der Waals surface area contributed by atoms with E-state index in [1.165, 1.54) is 0 Å². The molecule has 0 rings (SSSR count). The van der Waals surface area contributed by atoms with Crippen LogP contribution in [0.25, 0.3) is 0 Å². The second-order valence-corrected chi connectivity index (χ2v) is 3.94. The standard InChI is InChI=1S/C2F6I.Li/c3-1(4,5)9-2(6,7)8;/q-1;+1. The first kappa shape index (κ1) is 13.5. The molecule has 0 radical (unpaired) electrons. The monoisotopic (exact) mass is 272 g/mol. The maximum absolute atomic E-state index is 10.9. The topological polar surface area (TPSA) is 0 Å². The van der Waals surface area contributed by atoms with Gasteiger partial charge in [0.15, 0.2) is 0 Å². The van der Waals surface area contributed by atoms with Gasteiger partial charge in [-0.15, -0.1) is 0 Å². The molecule has 0 fully saturated rings. The quantitative estimate of drug-likeness (QED) is 0.183. The van der Waals surface area contributed by atoms with E-state index in [1.807, 2.05) is 0 Å². The van der Waals surface area contributed by atoms with Crippen molar-refractivity contribution in [3.63, 3.8) is 0 Å². The summed E-state index contributed by atoms with van der Waals surface area (Å²) in [6.45, 7) is 0. The van der Waals surface area contributed by atoms with Gasteiger partial charge in [0.1, 0.15) is 0 Å². The molecule has 0 N–H and O–H groups in total. The Kier molecular flexibility index (Phi) is 5.48. The molecule has 0 aliphatic carbocycles. The normalized spacial score (nSPS) is 13.0. The van der Waals surface area contributed by atoms with E-state index in [2.05, 4.69) is 0 Å². The summed E-state index contributed by atoms with van der Waals surface area (Å²) in [7, 11) is 0. The minimum atomic E-state index is -5.03. The minimum absolute atomic E-state index is 0. The van der Waals surface area contributed by atoms with Gasteiger partial charge < -0.3 is 0 Å². The van der Waals surface area contributed by atoms with Gasteiger partial charge in [-0.05, 0) is 0 Å².